The van der Waals surface area contributed by atoms with Gasteiger partial charge < -0.3 is 10.2 Å². The minimum absolute atomic E-state index is 0.201. The van der Waals surface area contributed by atoms with Gasteiger partial charge in [0.2, 0.25) is 0 Å². The van der Waals surface area contributed by atoms with Crippen molar-refractivity contribution in [2.45, 2.75) is 39.7 Å². The van der Waals surface area contributed by atoms with Gasteiger partial charge in [0.05, 0.1) is 5.60 Å². The van der Waals surface area contributed by atoms with Crippen LogP contribution in [-0.4, -0.2) is 21.8 Å². The fourth-order valence-electron chi connectivity index (χ4n) is 0.820. The molecule has 0 aliphatic carbocycles. The van der Waals surface area contributed by atoms with Gasteiger partial charge in [-0.15, -0.1) is 0 Å². The van der Waals surface area contributed by atoms with Gasteiger partial charge in [-0.05, 0) is 18.8 Å². The zero-order valence-electron chi connectivity index (χ0n) is 9.82. The molecule has 86 valence electrons. The molecule has 0 aromatic rings. The molecule has 0 radical (unpaired) electrons. The summed E-state index contributed by atoms with van der Waals surface area (Å²) in [4.78, 5) is 10.1. The van der Waals surface area contributed by atoms with Gasteiger partial charge in [-0.3, -0.25) is 0 Å². The van der Waals surface area contributed by atoms with Crippen LogP contribution in [0.15, 0.2) is 24.3 Å². The highest BCUT2D eigenvalue weighted by Crippen LogP contribution is 2.32. The molecule has 0 saturated carbocycles. The van der Waals surface area contributed by atoms with E-state index in [1.54, 1.807) is 19.1 Å². The van der Waals surface area contributed by atoms with E-state index in [9.17, 15) is 9.90 Å². The van der Waals surface area contributed by atoms with Crippen molar-refractivity contribution >= 4 is 5.97 Å². The molecule has 1 unspecified atom stereocenters. The molecule has 0 rings (SSSR count). The summed E-state index contributed by atoms with van der Waals surface area (Å²) in [6.45, 7) is 7.67. The second-order valence-corrected chi connectivity index (χ2v) is 4.85. The van der Waals surface area contributed by atoms with Gasteiger partial charge in [-0.1, -0.05) is 39.0 Å². The number of aliphatic carboxylic acids is 1. The molecule has 0 spiro atoms. The average molecular weight is 212 g/mol. The first-order valence-electron chi connectivity index (χ1n) is 4.95. The quantitative estimate of drug-likeness (QED) is 0.555. The Morgan fingerprint density at radius 2 is 1.73 bits per heavy atom. The van der Waals surface area contributed by atoms with Gasteiger partial charge in [-0.25, -0.2) is 4.79 Å². The summed E-state index contributed by atoms with van der Waals surface area (Å²) < 4.78 is 0. The normalized spacial score (nSPS) is 17.1. The third-order valence-electron chi connectivity index (χ3n) is 2.62. The Morgan fingerprint density at radius 3 is 2.13 bits per heavy atom. The second kappa shape index (κ2) is 5.12. The van der Waals surface area contributed by atoms with E-state index in [1.807, 2.05) is 20.8 Å². The van der Waals surface area contributed by atoms with Crippen molar-refractivity contribution in [2.24, 2.45) is 5.41 Å². The Morgan fingerprint density at radius 1 is 1.20 bits per heavy atom. The minimum atomic E-state index is -0.970. The first kappa shape index (κ1) is 13.9. The number of carboxylic acids is 1. The molecular formula is C12H20O3. The lowest BCUT2D eigenvalue weighted by Crippen LogP contribution is -2.39. The number of hydrogen-bond acceptors (Lipinski definition) is 2. The lowest BCUT2D eigenvalue weighted by Gasteiger charge is -2.36. The molecule has 3 heteroatoms. The molecule has 0 aromatic carbocycles. The van der Waals surface area contributed by atoms with Crippen molar-refractivity contribution in [3.63, 3.8) is 0 Å². The maximum absolute atomic E-state index is 10.1. The number of aliphatic hydroxyl groups is 1. The Bertz CT molecular complexity index is 267. The summed E-state index contributed by atoms with van der Waals surface area (Å²) >= 11 is 0. The van der Waals surface area contributed by atoms with E-state index in [4.69, 9.17) is 5.11 Å². The predicted molar refractivity (Wildman–Crippen MR) is 60.6 cm³/mol. The first-order valence-corrected chi connectivity index (χ1v) is 4.95. The van der Waals surface area contributed by atoms with Crippen LogP contribution in [0.4, 0.5) is 0 Å². The van der Waals surface area contributed by atoms with Crippen molar-refractivity contribution in [1.82, 2.24) is 0 Å². The fourth-order valence-corrected chi connectivity index (χ4v) is 0.820. The number of hydrogen-bond donors (Lipinski definition) is 2. The highest BCUT2D eigenvalue weighted by molar-refractivity contribution is 5.80. The van der Waals surface area contributed by atoms with Crippen molar-refractivity contribution in [2.75, 3.05) is 0 Å². The van der Waals surface area contributed by atoms with Crippen LogP contribution in [-0.2, 0) is 4.79 Å². The third-order valence-corrected chi connectivity index (χ3v) is 2.62. The van der Waals surface area contributed by atoms with E-state index in [2.05, 4.69) is 0 Å². The Kier molecular flexibility index (Phi) is 4.75. The van der Waals surface area contributed by atoms with Crippen LogP contribution in [0.1, 0.15) is 34.1 Å². The van der Waals surface area contributed by atoms with Crippen LogP contribution in [0.5, 0.6) is 0 Å². The third kappa shape index (κ3) is 5.37. The maximum Gasteiger partial charge on any atom is 0.328 e. The molecule has 3 nitrogen and oxygen atoms in total. The summed E-state index contributed by atoms with van der Waals surface area (Å²) in [7, 11) is 0. The molecule has 1 atom stereocenters. The molecule has 0 aliphatic heterocycles. The smallest absolute Gasteiger partial charge is 0.328 e. The molecule has 15 heavy (non-hydrogen) atoms. The largest absolute Gasteiger partial charge is 0.478 e. The standard InChI is InChI=1S/C12H20O3/c1-11(2,3)12(4,15)9-7-5-6-8-10(13)14/h5-8,15H,9H2,1-4H3,(H,13,14)/b7-5+,8-6+. The van der Waals surface area contributed by atoms with E-state index in [0.717, 1.165) is 6.08 Å². The van der Waals surface area contributed by atoms with Crippen LogP contribution in [0, 0.1) is 5.41 Å². The molecular weight excluding hydrogens is 192 g/mol. The van der Waals surface area contributed by atoms with E-state index in [1.165, 1.54) is 6.08 Å². The van der Waals surface area contributed by atoms with Gasteiger partial charge in [0.1, 0.15) is 0 Å². The predicted octanol–water partition coefficient (Wildman–Crippen LogP) is 2.37. The lowest BCUT2D eigenvalue weighted by atomic mass is 9.76. The highest BCUT2D eigenvalue weighted by atomic mass is 16.4. The van der Waals surface area contributed by atoms with E-state index in [-0.39, 0.29) is 5.41 Å². The van der Waals surface area contributed by atoms with Crippen LogP contribution in [0.25, 0.3) is 0 Å². The summed E-state index contributed by atoms with van der Waals surface area (Å²) in [6.07, 6.45) is 6.41. The summed E-state index contributed by atoms with van der Waals surface area (Å²) in [5.41, 5.74) is -0.992. The van der Waals surface area contributed by atoms with Crippen molar-refractivity contribution in [3.8, 4) is 0 Å². The summed E-state index contributed by atoms with van der Waals surface area (Å²) in [5.74, 6) is -0.970. The van der Waals surface area contributed by atoms with Gasteiger partial charge >= 0.3 is 5.97 Å². The van der Waals surface area contributed by atoms with Gasteiger partial charge in [0, 0.05) is 6.08 Å². The zero-order chi connectivity index (χ0) is 12.1. The SMILES string of the molecule is CC(C)(C)C(C)(O)C/C=C/C=C/C(=O)O. The van der Waals surface area contributed by atoms with Crippen molar-refractivity contribution in [3.05, 3.63) is 24.3 Å². The lowest BCUT2D eigenvalue weighted by molar-refractivity contribution is -0.131. The van der Waals surface area contributed by atoms with E-state index >= 15 is 0 Å². The van der Waals surface area contributed by atoms with Crippen molar-refractivity contribution in [1.29, 1.82) is 0 Å². The van der Waals surface area contributed by atoms with Crippen molar-refractivity contribution < 1.29 is 15.0 Å². The number of rotatable bonds is 4. The molecule has 0 fully saturated rings. The van der Waals surface area contributed by atoms with E-state index in [0.29, 0.717) is 6.42 Å². The average Bonchev–Trinajstić information content (AvgIpc) is 2.00. The molecule has 0 bridgehead atoms. The Balaban J connectivity index is 4.22. The van der Waals surface area contributed by atoms with Gasteiger partial charge in [-0.2, -0.15) is 0 Å². The molecule has 0 heterocycles. The van der Waals surface area contributed by atoms with Gasteiger partial charge in [0.15, 0.2) is 0 Å². The van der Waals surface area contributed by atoms with Crippen LogP contribution < -0.4 is 0 Å². The minimum Gasteiger partial charge on any atom is -0.478 e. The number of carbonyl (C=O) groups is 1. The molecule has 0 aromatic heterocycles. The van der Waals surface area contributed by atoms with Gasteiger partial charge in [0.25, 0.3) is 0 Å². The first-order chi connectivity index (χ1) is 6.67. The second-order valence-electron chi connectivity index (χ2n) is 4.85. The summed E-state index contributed by atoms with van der Waals surface area (Å²) in [6, 6.07) is 0. The maximum atomic E-state index is 10.1. The van der Waals surface area contributed by atoms with E-state index < -0.39 is 11.6 Å². The highest BCUT2D eigenvalue weighted by Gasteiger charge is 2.33. The van der Waals surface area contributed by atoms with Crippen LogP contribution in [0.2, 0.25) is 0 Å². The molecule has 0 aliphatic rings. The zero-order valence-corrected chi connectivity index (χ0v) is 9.82. The topological polar surface area (TPSA) is 57.5 Å². The Labute approximate surface area is 91.1 Å². The number of allylic oxidation sites excluding steroid dienone is 2. The fraction of sp³-hybridized carbons (Fsp3) is 0.583. The Hall–Kier alpha value is -1.09. The summed E-state index contributed by atoms with van der Waals surface area (Å²) in [5, 5.41) is 18.4. The monoisotopic (exact) mass is 212 g/mol. The molecule has 0 amide bonds. The van der Waals surface area contributed by atoms with Crippen LogP contribution in [0.3, 0.4) is 0 Å². The number of carboxylic acid groups (broad SMARTS) is 1. The molecule has 0 saturated heterocycles. The molecule has 2 N–H and O–H groups in total. The van der Waals surface area contributed by atoms with Crippen LogP contribution >= 0.6 is 0 Å².